The highest BCUT2D eigenvalue weighted by Gasteiger charge is 2.46. The van der Waals surface area contributed by atoms with Crippen LogP contribution in [0.4, 0.5) is 18.0 Å². The molecule has 0 aromatic heterocycles. The number of piperazine rings is 1. The summed E-state index contributed by atoms with van der Waals surface area (Å²) in [5, 5.41) is 0.965. The fraction of sp³-hybridized carbons (Fsp3) is 0.412. The van der Waals surface area contributed by atoms with Gasteiger partial charge in [-0.3, -0.25) is 9.89 Å². The van der Waals surface area contributed by atoms with Crippen LogP contribution in [0.1, 0.15) is 54.1 Å². The molecule has 10 nitrogen and oxygen atoms in total. The van der Waals surface area contributed by atoms with Crippen molar-refractivity contribution in [1.82, 2.24) is 18.8 Å². The van der Waals surface area contributed by atoms with E-state index in [9.17, 15) is 26.4 Å². The van der Waals surface area contributed by atoms with Crippen molar-refractivity contribution >= 4 is 45.3 Å². The maximum Gasteiger partial charge on any atom is 0.416 e. The van der Waals surface area contributed by atoms with E-state index in [-0.39, 0.29) is 62.6 Å². The number of aliphatic imine (C=N–C) groups is 1. The molecule has 6 rings (SSSR count). The van der Waals surface area contributed by atoms with Crippen molar-refractivity contribution in [2.45, 2.75) is 44.1 Å². The largest absolute Gasteiger partial charge is 0.493 e. The average molecular weight is 755 g/mol. The Hall–Kier alpha value is -3.40. The Kier molecular flexibility index (Phi) is 11.0. The second-order valence-electron chi connectivity index (χ2n) is 12.1. The van der Waals surface area contributed by atoms with E-state index in [0.717, 1.165) is 25.0 Å². The van der Waals surface area contributed by atoms with E-state index in [0.29, 0.717) is 27.8 Å². The first-order valence-electron chi connectivity index (χ1n) is 16.2. The van der Waals surface area contributed by atoms with Crippen LogP contribution in [0, 0.1) is 0 Å². The SMILES string of the molecule is CCOc1cc(C(F)(F)F)ccc1C1=NC(c2ccc(Cl)cc2)C(c2ccc(Cl)cc2)N1C(=O)N1CCN(S(=O)(=O)NCC2CCCO2)CC1. The molecule has 3 unspecified atom stereocenters. The molecular weight excluding hydrogens is 718 g/mol. The predicted molar refractivity (Wildman–Crippen MR) is 184 cm³/mol. The number of alkyl halides is 3. The normalized spacial score (nSPS) is 21.8. The van der Waals surface area contributed by atoms with Gasteiger partial charge in [-0.05, 0) is 73.4 Å². The number of hydrogen-bond acceptors (Lipinski definition) is 6. The van der Waals surface area contributed by atoms with Crippen molar-refractivity contribution in [3.05, 3.63) is 99.0 Å². The fourth-order valence-electron chi connectivity index (χ4n) is 6.38. The third-order valence-corrected chi connectivity index (χ3v) is 11.0. The van der Waals surface area contributed by atoms with E-state index in [4.69, 9.17) is 37.7 Å². The lowest BCUT2D eigenvalue weighted by Crippen LogP contribution is -2.57. The zero-order chi connectivity index (χ0) is 35.6. The van der Waals surface area contributed by atoms with Crippen LogP contribution in [-0.2, 0) is 21.1 Å². The molecule has 3 aromatic carbocycles. The summed E-state index contributed by atoms with van der Waals surface area (Å²) in [5.41, 5.74) is 0.671. The molecule has 3 aromatic rings. The number of nitrogens with one attached hydrogen (secondary N) is 1. The maximum absolute atomic E-state index is 14.7. The van der Waals surface area contributed by atoms with E-state index in [2.05, 4.69) is 4.72 Å². The number of halogens is 5. The van der Waals surface area contributed by atoms with Gasteiger partial charge in [-0.15, -0.1) is 0 Å². The number of amidine groups is 1. The molecule has 0 aliphatic carbocycles. The standard InChI is InChI=1S/C34H36Cl2F3N5O5S/c1-2-48-29-20-24(34(37,38)39)9-14-28(29)32-41-30(22-5-10-25(35)11-6-22)31(23-7-12-26(36)13-8-23)44(32)33(45)42-15-17-43(18-16-42)50(46,47)40-21-27-4-3-19-49-27/h5-14,20,27,30-31,40H,2-4,15-19,21H2,1H3. The van der Waals surface area contributed by atoms with E-state index < -0.39 is 40.1 Å². The van der Waals surface area contributed by atoms with Crippen LogP contribution in [0.15, 0.2) is 71.7 Å². The molecule has 1 N–H and O–H groups in total. The van der Waals surface area contributed by atoms with Gasteiger partial charge in [0, 0.05) is 49.4 Å². The van der Waals surface area contributed by atoms with E-state index in [1.165, 1.54) is 20.2 Å². The molecule has 0 radical (unpaired) electrons. The molecule has 0 spiro atoms. The predicted octanol–water partition coefficient (Wildman–Crippen LogP) is 6.71. The summed E-state index contributed by atoms with van der Waals surface area (Å²) in [6.45, 7) is 2.67. The zero-order valence-electron chi connectivity index (χ0n) is 27.1. The molecule has 268 valence electrons. The van der Waals surface area contributed by atoms with Crippen LogP contribution < -0.4 is 9.46 Å². The third-order valence-electron chi connectivity index (χ3n) is 8.91. The molecule has 3 heterocycles. The number of benzene rings is 3. The van der Waals surface area contributed by atoms with Crippen molar-refractivity contribution < 1.29 is 35.9 Å². The summed E-state index contributed by atoms with van der Waals surface area (Å²) in [4.78, 5) is 22.7. The number of hydrogen-bond donors (Lipinski definition) is 1. The highest BCUT2D eigenvalue weighted by molar-refractivity contribution is 7.87. The Morgan fingerprint density at radius 3 is 2.20 bits per heavy atom. The molecule has 2 saturated heterocycles. The van der Waals surface area contributed by atoms with E-state index >= 15 is 0 Å². The zero-order valence-corrected chi connectivity index (χ0v) is 29.4. The Bertz CT molecular complexity index is 1820. The molecule has 50 heavy (non-hydrogen) atoms. The van der Waals surface area contributed by atoms with Crippen LogP contribution >= 0.6 is 23.2 Å². The number of rotatable bonds is 9. The van der Waals surface area contributed by atoms with Gasteiger partial charge in [0.2, 0.25) is 0 Å². The minimum Gasteiger partial charge on any atom is -0.493 e. The Morgan fingerprint density at radius 2 is 1.62 bits per heavy atom. The summed E-state index contributed by atoms with van der Waals surface area (Å²) in [6, 6.07) is 15.0. The van der Waals surface area contributed by atoms with Crippen LogP contribution in [0.3, 0.4) is 0 Å². The number of amides is 2. The van der Waals surface area contributed by atoms with Crippen LogP contribution in [0.25, 0.3) is 0 Å². The van der Waals surface area contributed by atoms with E-state index in [1.807, 2.05) is 0 Å². The lowest BCUT2D eigenvalue weighted by Gasteiger charge is -2.38. The van der Waals surface area contributed by atoms with Gasteiger partial charge < -0.3 is 14.4 Å². The van der Waals surface area contributed by atoms with Gasteiger partial charge in [0.05, 0.1) is 29.9 Å². The monoisotopic (exact) mass is 753 g/mol. The van der Waals surface area contributed by atoms with Crippen molar-refractivity contribution in [2.75, 3.05) is 45.9 Å². The highest BCUT2D eigenvalue weighted by atomic mass is 35.5. The minimum atomic E-state index is -4.63. The Morgan fingerprint density at radius 1 is 0.980 bits per heavy atom. The van der Waals surface area contributed by atoms with Crippen LogP contribution in [-0.4, -0.2) is 86.4 Å². The molecule has 3 aliphatic heterocycles. The Labute approximate surface area is 298 Å². The maximum atomic E-state index is 14.7. The Balaban J connectivity index is 1.37. The molecule has 3 atom stereocenters. The quantitative estimate of drug-likeness (QED) is 0.262. The number of carbonyl (C=O) groups excluding carboxylic acids is 1. The number of carbonyl (C=O) groups is 1. The van der Waals surface area contributed by atoms with Crippen molar-refractivity contribution in [2.24, 2.45) is 4.99 Å². The van der Waals surface area contributed by atoms with Crippen molar-refractivity contribution in [3.63, 3.8) is 0 Å². The van der Waals surface area contributed by atoms with Crippen LogP contribution in [0.5, 0.6) is 5.75 Å². The summed E-state index contributed by atoms with van der Waals surface area (Å²) in [6.07, 6.45) is -3.15. The molecule has 2 fully saturated rings. The second-order valence-corrected chi connectivity index (χ2v) is 14.7. The molecule has 3 aliphatic rings. The minimum absolute atomic E-state index is 0.0314. The first kappa shape index (κ1) is 36.4. The molecule has 16 heteroatoms. The topological polar surface area (TPSA) is 104 Å². The smallest absolute Gasteiger partial charge is 0.416 e. The van der Waals surface area contributed by atoms with Crippen molar-refractivity contribution in [3.8, 4) is 5.75 Å². The summed E-state index contributed by atoms with van der Waals surface area (Å²) in [5.74, 6) is 0.0269. The summed E-state index contributed by atoms with van der Waals surface area (Å²) in [7, 11) is -3.83. The van der Waals surface area contributed by atoms with Gasteiger partial charge in [-0.25, -0.2) is 4.79 Å². The highest BCUT2D eigenvalue weighted by Crippen LogP contribution is 2.46. The third kappa shape index (κ3) is 7.90. The molecular formula is C34H36Cl2F3N5O5S. The number of ether oxygens (including phenoxy) is 2. The average Bonchev–Trinajstić information content (AvgIpc) is 3.76. The molecule has 2 amide bonds. The lowest BCUT2D eigenvalue weighted by molar-refractivity contribution is -0.137. The summed E-state index contributed by atoms with van der Waals surface area (Å²) < 4.78 is 82.8. The first-order chi connectivity index (χ1) is 23.9. The number of urea groups is 1. The van der Waals surface area contributed by atoms with Gasteiger partial charge in [-0.1, -0.05) is 47.5 Å². The van der Waals surface area contributed by atoms with Gasteiger partial charge >= 0.3 is 12.2 Å². The summed E-state index contributed by atoms with van der Waals surface area (Å²) >= 11 is 12.5. The van der Waals surface area contributed by atoms with Gasteiger partial charge in [0.1, 0.15) is 17.6 Å². The molecule has 0 saturated carbocycles. The van der Waals surface area contributed by atoms with Gasteiger partial charge in [0.15, 0.2) is 0 Å². The van der Waals surface area contributed by atoms with Gasteiger partial charge in [0.25, 0.3) is 10.2 Å². The fourth-order valence-corrected chi connectivity index (χ4v) is 7.85. The first-order valence-corrected chi connectivity index (χ1v) is 18.4. The molecule has 0 bridgehead atoms. The number of nitrogens with zero attached hydrogens (tertiary/aromatic N) is 4. The van der Waals surface area contributed by atoms with Gasteiger partial charge in [-0.2, -0.15) is 30.6 Å². The van der Waals surface area contributed by atoms with Crippen LogP contribution in [0.2, 0.25) is 10.0 Å². The second kappa shape index (κ2) is 15.1. The van der Waals surface area contributed by atoms with E-state index in [1.54, 1.807) is 55.5 Å². The van der Waals surface area contributed by atoms with Crippen molar-refractivity contribution in [1.29, 1.82) is 0 Å². The lowest BCUT2D eigenvalue weighted by atomic mass is 9.93.